The molecule has 0 aliphatic heterocycles. The van der Waals surface area contributed by atoms with Gasteiger partial charge in [-0.15, -0.1) is 12.4 Å². The smallest absolute Gasteiger partial charge is 0.269 e. The molecule has 7 heteroatoms. The molecule has 21 heavy (non-hydrogen) atoms. The fourth-order valence-corrected chi connectivity index (χ4v) is 1.85. The molecular weight excluding hydrogens is 294 g/mol. The number of carbonyl (C=O) groups is 1. The van der Waals surface area contributed by atoms with Crippen LogP contribution in [-0.4, -0.2) is 35.4 Å². The normalized spacial score (nSPS) is 10.1. The van der Waals surface area contributed by atoms with E-state index >= 15 is 0 Å². The van der Waals surface area contributed by atoms with Gasteiger partial charge in [0.25, 0.3) is 5.69 Å². The van der Waals surface area contributed by atoms with E-state index in [-0.39, 0.29) is 30.0 Å². The van der Waals surface area contributed by atoms with E-state index in [1.54, 1.807) is 17.0 Å². The van der Waals surface area contributed by atoms with Crippen LogP contribution in [-0.2, 0) is 11.3 Å². The van der Waals surface area contributed by atoms with E-state index in [0.717, 1.165) is 5.56 Å². The summed E-state index contributed by atoms with van der Waals surface area (Å²) in [6.07, 6.45) is 0.446. The van der Waals surface area contributed by atoms with E-state index in [9.17, 15) is 14.9 Å². The van der Waals surface area contributed by atoms with Crippen molar-refractivity contribution in [3.63, 3.8) is 0 Å². The predicted molar refractivity (Wildman–Crippen MR) is 84.6 cm³/mol. The van der Waals surface area contributed by atoms with Crippen LogP contribution < -0.4 is 5.32 Å². The van der Waals surface area contributed by atoms with Crippen molar-refractivity contribution in [3.05, 3.63) is 39.9 Å². The lowest BCUT2D eigenvalue weighted by Crippen LogP contribution is -2.37. The van der Waals surface area contributed by atoms with Crippen LogP contribution in [0.3, 0.4) is 0 Å². The Kier molecular flexibility index (Phi) is 8.57. The van der Waals surface area contributed by atoms with Crippen LogP contribution in [0.5, 0.6) is 0 Å². The zero-order valence-electron chi connectivity index (χ0n) is 12.5. The highest BCUT2D eigenvalue weighted by Crippen LogP contribution is 2.15. The molecule has 1 aromatic carbocycles. The number of rotatable bonds is 7. The van der Waals surface area contributed by atoms with Gasteiger partial charge in [-0.25, -0.2) is 0 Å². The van der Waals surface area contributed by atoms with Crippen molar-refractivity contribution >= 4 is 24.0 Å². The predicted octanol–water partition coefficient (Wildman–Crippen LogP) is 2.36. The minimum atomic E-state index is -0.429. The Morgan fingerprint density at radius 2 is 1.90 bits per heavy atom. The van der Waals surface area contributed by atoms with E-state index in [2.05, 4.69) is 5.32 Å². The Morgan fingerprint density at radius 3 is 2.33 bits per heavy atom. The number of benzene rings is 1. The van der Waals surface area contributed by atoms with E-state index in [1.807, 2.05) is 20.9 Å². The number of non-ortho nitro benzene ring substituents is 1. The van der Waals surface area contributed by atoms with Crippen molar-refractivity contribution in [2.45, 2.75) is 32.9 Å². The number of nitro benzene ring substituents is 1. The maximum Gasteiger partial charge on any atom is 0.269 e. The summed E-state index contributed by atoms with van der Waals surface area (Å²) in [6, 6.07) is 6.41. The van der Waals surface area contributed by atoms with Crippen molar-refractivity contribution in [1.29, 1.82) is 0 Å². The van der Waals surface area contributed by atoms with Crippen molar-refractivity contribution in [2.24, 2.45) is 0 Å². The Morgan fingerprint density at radius 1 is 1.33 bits per heavy atom. The second-order valence-electron chi connectivity index (χ2n) is 4.89. The average Bonchev–Trinajstić information content (AvgIpc) is 2.42. The largest absolute Gasteiger partial charge is 0.336 e. The van der Waals surface area contributed by atoms with Crippen LogP contribution >= 0.6 is 12.4 Å². The minimum Gasteiger partial charge on any atom is -0.336 e. The maximum absolute atomic E-state index is 12.1. The van der Waals surface area contributed by atoms with E-state index < -0.39 is 4.92 Å². The summed E-state index contributed by atoms with van der Waals surface area (Å²) in [5.74, 6) is 0.0766. The summed E-state index contributed by atoms with van der Waals surface area (Å²) >= 11 is 0. The molecule has 0 aromatic heterocycles. The van der Waals surface area contributed by atoms with Gasteiger partial charge >= 0.3 is 0 Å². The Balaban J connectivity index is 0.00000400. The molecule has 118 valence electrons. The molecule has 1 amide bonds. The molecule has 1 N–H and O–H groups in total. The van der Waals surface area contributed by atoms with Crippen molar-refractivity contribution in [2.75, 3.05) is 13.6 Å². The molecule has 0 atom stereocenters. The first kappa shape index (κ1) is 19.3. The van der Waals surface area contributed by atoms with Crippen molar-refractivity contribution in [3.8, 4) is 0 Å². The lowest BCUT2D eigenvalue weighted by Gasteiger charge is -2.27. The van der Waals surface area contributed by atoms with E-state index in [4.69, 9.17) is 0 Å². The topological polar surface area (TPSA) is 75.5 Å². The number of hydrogen-bond donors (Lipinski definition) is 1. The fourth-order valence-electron chi connectivity index (χ4n) is 1.85. The maximum atomic E-state index is 12.1. The zero-order valence-corrected chi connectivity index (χ0v) is 13.4. The third-order valence-corrected chi connectivity index (χ3v) is 3.03. The van der Waals surface area contributed by atoms with Gasteiger partial charge in [0.05, 0.1) is 4.92 Å². The SMILES string of the molecule is CNCCC(=O)N(Cc1ccc([N+](=O)[O-])cc1)C(C)C.Cl. The van der Waals surface area contributed by atoms with Gasteiger partial charge in [-0.2, -0.15) is 0 Å². The highest BCUT2D eigenvalue weighted by atomic mass is 35.5. The quantitative estimate of drug-likeness (QED) is 0.619. The van der Waals surface area contributed by atoms with Gasteiger partial charge in [-0.05, 0) is 26.5 Å². The first-order valence-corrected chi connectivity index (χ1v) is 6.63. The number of nitrogens with zero attached hydrogens (tertiary/aromatic N) is 2. The van der Waals surface area contributed by atoms with Gasteiger partial charge in [0.15, 0.2) is 0 Å². The molecule has 1 aromatic rings. The van der Waals surface area contributed by atoms with E-state index in [0.29, 0.717) is 19.5 Å². The van der Waals surface area contributed by atoms with Gasteiger partial charge in [0.1, 0.15) is 0 Å². The molecule has 0 heterocycles. The number of nitrogens with one attached hydrogen (secondary N) is 1. The van der Waals surface area contributed by atoms with Crippen LogP contribution in [0, 0.1) is 10.1 Å². The molecule has 0 radical (unpaired) electrons. The molecule has 0 bridgehead atoms. The molecule has 1 rings (SSSR count). The number of halogens is 1. The number of carbonyl (C=O) groups excluding carboxylic acids is 1. The molecule has 0 spiro atoms. The van der Waals surface area contributed by atoms with Crippen LogP contribution in [0.1, 0.15) is 25.8 Å². The Bertz CT molecular complexity index is 463. The minimum absolute atomic E-state index is 0. The fraction of sp³-hybridized carbons (Fsp3) is 0.500. The van der Waals surface area contributed by atoms with Crippen LogP contribution in [0.15, 0.2) is 24.3 Å². The van der Waals surface area contributed by atoms with Gasteiger partial charge in [0.2, 0.25) is 5.91 Å². The lowest BCUT2D eigenvalue weighted by atomic mass is 10.1. The zero-order chi connectivity index (χ0) is 15.1. The second kappa shape index (κ2) is 9.31. The molecule has 0 saturated heterocycles. The number of hydrogen-bond acceptors (Lipinski definition) is 4. The molecule has 0 saturated carbocycles. The monoisotopic (exact) mass is 315 g/mol. The Hall–Kier alpha value is -1.66. The first-order valence-electron chi connectivity index (χ1n) is 6.63. The molecule has 0 unspecified atom stereocenters. The molecule has 0 fully saturated rings. The highest BCUT2D eigenvalue weighted by Gasteiger charge is 2.17. The Labute approximate surface area is 131 Å². The van der Waals surface area contributed by atoms with Crippen LogP contribution in [0.2, 0.25) is 0 Å². The van der Waals surface area contributed by atoms with Gasteiger partial charge in [-0.3, -0.25) is 14.9 Å². The van der Waals surface area contributed by atoms with Crippen molar-refractivity contribution < 1.29 is 9.72 Å². The molecule has 0 aliphatic carbocycles. The lowest BCUT2D eigenvalue weighted by molar-refractivity contribution is -0.384. The summed E-state index contributed by atoms with van der Waals surface area (Å²) in [7, 11) is 1.81. The summed E-state index contributed by atoms with van der Waals surface area (Å²) in [4.78, 5) is 24.1. The average molecular weight is 316 g/mol. The van der Waals surface area contributed by atoms with Gasteiger partial charge < -0.3 is 10.2 Å². The first-order chi connectivity index (χ1) is 9.45. The third-order valence-electron chi connectivity index (χ3n) is 3.03. The molecular formula is C14H22ClN3O3. The molecule has 6 nitrogen and oxygen atoms in total. The van der Waals surface area contributed by atoms with E-state index in [1.165, 1.54) is 12.1 Å². The summed E-state index contributed by atoms with van der Waals surface area (Å²) in [5, 5.41) is 13.6. The summed E-state index contributed by atoms with van der Waals surface area (Å²) < 4.78 is 0. The molecule has 0 aliphatic rings. The second-order valence-corrected chi connectivity index (χ2v) is 4.89. The summed E-state index contributed by atoms with van der Waals surface area (Å²) in [5.41, 5.74) is 0.952. The standard InChI is InChI=1S/C14H21N3O3.ClH/c1-11(2)16(14(18)8-9-15-3)10-12-4-6-13(7-5-12)17(19)20;/h4-7,11,15H,8-10H2,1-3H3;1H. The van der Waals surface area contributed by atoms with Gasteiger partial charge in [0, 0.05) is 37.7 Å². The van der Waals surface area contributed by atoms with Crippen molar-refractivity contribution in [1.82, 2.24) is 10.2 Å². The number of amides is 1. The number of nitro groups is 1. The van der Waals surface area contributed by atoms with Gasteiger partial charge in [-0.1, -0.05) is 12.1 Å². The third kappa shape index (κ3) is 6.10. The van der Waals surface area contributed by atoms with Crippen LogP contribution in [0.25, 0.3) is 0 Å². The van der Waals surface area contributed by atoms with Crippen LogP contribution in [0.4, 0.5) is 5.69 Å². The highest BCUT2D eigenvalue weighted by molar-refractivity contribution is 5.85. The summed E-state index contributed by atoms with van der Waals surface area (Å²) in [6.45, 7) is 5.03.